The molecule has 142 valence electrons. The zero-order valence-electron chi connectivity index (χ0n) is 15.0. The lowest BCUT2D eigenvalue weighted by molar-refractivity contribution is -0.126. The van der Waals surface area contributed by atoms with Crippen LogP contribution in [0.1, 0.15) is 17.3 Å². The van der Waals surface area contributed by atoms with E-state index in [-0.39, 0.29) is 0 Å². The molecular formula is C19H18N6O3. The number of ketones is 1. The minimum atomic E-state index is -1.30. The molecule has 1 heterocycles. The normalized spacial score (nSPS) is 13.4. The fourth-order valence-electron chi connectivity index (χ4n) is 2.54. The monoisotopic (exact) mass is 378 g/mol. The largest absolute Gasteiger partial charge is 0.366 e. The second-order valence-corrected chi connectivity index (χ2v) is 6.12. The van der Waals surface area contributed by atoms with Crippen molar-refractivity contribution in [2.75, 3.05) is 16.0 Å². The van der Waals surface area contributed by atoms with E-state index in [9.17, 15) is 14.4 Å². The van der Waals surface area contributed by atoms with Crippen LogP contribution in [0, 0.1) is 0 Å². The average Bonchev–Trinajstić information content (AvgIpc) is 3.01. The van der Waals surface area contributed by atoms with Crippen LogP contribution >= 0.6 is 0 Å². The Bertz CT molecular complexity index is 997. The summed E-state index contributed by atoms with van der Waals surface area (Å²) in [5.74, 6) is -0.984. The van der Waals surface area contributed by atoms with E-state index in [0.717, 1.165) is 11.4 Å². The number of nitrogens with zero attached hydrogens (tertiary/aromatic N) is 2. The van der Waals surface area contributed by atoms with E-state index in [1.807, 2.05) is 0 Å². The Kier molecular flexibility index (Phi) is 5.16. The molecule has 0 fully saturated rings. The summed E-state index contributed by atoms with van der Waals surface area (Å²) in [6.45, 7) is 5.03. The average molecular weight is 378 g/mol. The number of carbonyl (C=O) groups excluding carboxylic acids is 3. The number of hydrogen-bond donors (Lipinski definition) is 4. The summed E-state index contributed by atoms with van der Waals surface area (Å²) in [6.07, 6.45) is 0. The summed E-state index contributed by atoms with van der Waals surface area (Å²) in [5.41, 5.74) is 7.98. The molecule has 2 amide bonds. The lowest BCUT2D eigenvalue weighted by atomic mass is 10.2. The molecule has 0 spiro atoms. The van der Waals surface area contributed by atoms with Gasteiger partial charge in [0.05, 0.1) is 17.1 Å². The molecule has 1 aliphatic heterocycles. The van der Waals surface area contributed by atoms with Crippen LogP contribution in [-0.2, 0) is 9.59 Å². The second kappa shape index (κ2) is 7.70. The highest BCUT2D eigenvalue weighted by molar-refractivity contribution is 6.10. The van der Waals surface area contributed by atoms with Gasteiger partial charge in [-0.25, -0.2) is 0 Å². The van der Waals surface area contributed by atoms with Crippen molar-refractivity contribution in [2.24, 2.45) is 16.0 Å². The van der Waals surface area contributed by atoms with Crippen molar-refractivity contribution in [1.29, 1.82) is 0 Å². The number of anilines is 3. The topological polar surface area (TPSA) is 138 Å². The molecule has 1 unspecified atom stereocenters. The first-order chi connectivity index (χ1) is 13.3. The number of nitrogens with two attached hydrogens (primary N) is 1. The van der Waals surface area contributed by atoms with Gasteiger partial charge in [-0.2, -0.15) is 10.2 Å². The van der Waals surface area contributed by atoms with E-state index in [1.54, 1.807) is 18.2 Å². The van der Waals surface area contributed by atoms with Crippen molar-refractivity contribution in [1.82, 2.24) is 0 Å². The molecule has 3 rings (SSSR count). The quantitative estimate of drug-likeness (QED) is 0.452. The summed E-state index contributed by atoms with van der Waals surface area (Å²) < 4.78 is 0. The molecule has 9 nitrogen and oxygen atoms in total. The number of fused-ring (bicyclic) bond motifs is 1. The van der Waals surface area contributed by atoms with Crippen LogP contribution in [0.25, 0.3) is 0 Å². The first kappa shape index (κ1) is 18.8. The fourth-order valence-corrected chi connectivity index (χ4v) is 2.54. The molecule has 2 aromatic rings. The second-order valence-electron chi connectivity index (χ2n) is 6.12. The molecule has 0 radical (unpaired) electrons. The van der Waals surface area contributed by atoms with Crippen LogP contribution in [0.3, 0.4) is 0 Å². The van der Waals surface area contributed by atoms with Crippen LogP contribution in [0.15, 0.2) is 65.1 Å². The fraction of sp³-hybridized carbons (Fsp3) is 0.105. The Morgan fingerprint density at radius 1 is 1.07 bits per heavy atom. The molecule has 0 aliphatic carbocycles. The van der Waals surface area contributed by atoms with Crippen molar-refractivity contribution in [3.05, 3.63) is 60.4 Å². The summed E-state index contributed by atoms with van der Waals surface area (Å²) in [5, 5.41) is 16.5. The van der Waals surface area contributed by atoms with E-state index in [1.165, 1.54) is 31.2 Å². The molecular weight excluding hydrogens is 360 g/mol. The Hall–Kier alpha value is -4.01. The van der Waals surface area contributed by atoms with Crippen molar-refractivity contribution < 1.29 is 14.4 Å². The third-order valence-corrected chi connectivity index (χ3v) is 3.93. The number of benzene rings is 2. The standard InChI is InChI=1S/C19H18N6O3/c1-10(26)17(25-24-13-5-3-12(4-6-13)18(20)27)19(28)23-14-7-8-15-16(9-14)22-11(2)21-15/h3-9,17,21-22H,2H2,1H3,(H2,20,27)(H,23,28). The SMILES string of the molecule is C=C1Nc2ccc(NC(=O)C(N=Nc3ccc(C(N)=O)cc3)C(C)=O)cc2N1. The minimum absolute atomic E-state index is 0.321. The van der Waals surface area contributed by atoms with Gasteiger partial charge in [0, 0.05) is 11.3 Å². The molecule has 9 heteroatoms. The number of nitrogens with one attached hydrogen (secondary N) is 3. The Labute approximate surface area is 160 Å². The Balaban J connectivity index is 1.72. The Morgan fingerprint density at radius 3 is 2.39 bits per heavy atom. The van der Waals surface area contributed by atoms with E-state index in [4.69, 9.17) is 5.73 Å². The highest BCUT2D eigenvalue weighted by Gasteiger charge is 2.24. The van der Waals surface area contributed by atoms with Crippen LogP contribution in [0.5, 0.6) is 0 Å². The molecule has 28 heavy (non-hydrogen) atoms. The number of hydrogen-bond acceptors (Lipinski definition) is 7. The predicted molar refractivity (Wildman–Crippen MR) is 105 cm³/mol. The summed E-state index contributed by atoms with van der Waals surface area (Å²) in [6, 6.07) is 9.90. The van der Waals surface area contributed by atoms with Crippen LogP contribution in [0.2, 0.25) is 0 Å². The van der Waals surface area contributed by atoms with E-state index >= 15 is 0 Å². The van der Waals surface area contributed by atoms with E-state index in [0.29, 0.717) is 22.8 Å². The zero-order valence-corrected chi connectivity index (χ0v) is 15.0. The summed E-state index contributed by atoms with van der Waals surface area (Å²) >= 11 is 0. The number of primary amides is 1. The molecule has 2 aromatic carbocycles. The maximum absolute atomic E-state index is 12.5. The van der Waals surface area contributed by atoms with Gasteiger partial charge < -0.3 is 21.7 Å². The van der Waals surface area contributed by atoms with E-state index < -0.39 is 23.6 Å². The van der Waals surface area contributed by atoms with Gasteiger partial charge in [0.1, 0.15) is 5.82 Å². The number of carbonyl (C=O) groups is 3. The third-order valence-electron chi connectivity index (χ3n) is 3.93. The number of amides is 2. The predicted octanol–water partition coefficient (Wildman–Crippen LogP) is 2.77. The maximum Gasteiger partial charge on any atom is 0.258 e. The summed E-state index contributed by atoms with van der Waals surface area (Å²) in [4.78, 5) is 35.4. The van der Waals surface area contributed by atoms with Crippen LogP contribution < -0.4 is 21.7 Å². The molecule has 1 atom stereocenters. The van der Waals surface area contributed by atoms with Crippen LogP contribution in [0.4, 0.5) is 22.7 Å². The highest BCUT2D eigenvalue weighted by atomic mass is 16.2. The van der Waals surface area contributed by atoms with Crippen molar-refractivity contribution in [3.8, 4) is 0 Å². The van der Waals surface area contributed by atoms with Gasteiger partial charge in [0.25, 0.3) is 5.91 Å². The van der Waals surface area contributed by atoms with Crippen molar-refractivity contribution in [2.45, 2.75) is 13.0 Å². The van der Waals surface area contributed by atoms with Gasteiger partial charge in [-0.3, -0.25) is 14.4 Å². The van der Waals surface area contributed by atoms with Gasteiger partial charge in [-0.1, -0.05) is 6.58 Å². The third kappa shape index (κ3) is 4.21. The maximum atomic E-state index is 12.5. The molecule has 0 aromatic heterocycles. The van der Waals surface area contributed by atoms with Gasteiger partial charge >= 0.3 is 0 Å². The first-order valence-corrected chi connectivity index (χ1v) is 8.32. The molecule has 1 aliphatic rings. The van der Waals surface area contributed by atoms with Gasteiger partial charge in [0.2, 0.25) is 11.9 Å². The number of rotatable bonds is 6. The molecule has 5 N–H and O–H groups in total. The molecule has 0 saturated heterocycles. The van der Waals surface area contributed by atoms with E-state index in [2.05, 4.69) is 32.8 Å². The highest BCUT2D eigenvalue weighted by Crippen LogP contribution is 2.32. The van der Waals surface area contributed by atoms with Gasteiger partial charge in [-0.15, -0.1) is 0 Å². The summed E-state index contributed by atoms with van der Waals surface area (Å²) in [7, 11) is 0. The minimum Gasteiger partial charge on any atom is -0.366 e. The van der Waals surface area contributed by atoms with Gasteiger partial charge in [0.15, 0.2) is 5.78 Å². The zero-order chi connectivity index (χ0) is 20.3. The smallest absolute Gasteiger partial charge is 0.258 e. The molecule has 0 saturated carbocycles. The molecule has 0 bridgehead atoms. The van der Waals surface area contributed by atoms with Gasteiger partial charge in [-0.05, 0) is 49.4 Å². The first-order valence-electron chi connectivity index (χ1n) is 8.32. The lowest BCUT2D eigenvalue weighted by Gasteiger charge is -2.10. The Morgan fingerprint density at radius 2 is 1.75 bits per heavy atom. The number of Topliss-reactive ketones (excluding diaryl/α,β-unsaturated/α-hetero) is 1. The van der Waals surface area contributed by atoms with Crippen molar-refractivity contribution in [3.63, 3.8) is 0 Å². The lowest BCUT2D eigenvalue weighted by Crippen LogP contribution is -2.31. The van der Waals surface area contributed by atoms with Crippen LogP contribution in [-0.4, -0.2) is 23.6 Å². The number of azo groups is 1. The van der Waals surface area contributed by atoms with Crippen molar-refractivity contribution >= 4 is 40.3 Å².